The van der Waals surface area contributed by atoms with Gasteiger partial charge in [0.05, 0.1) is 30.6 Å². The summed E-state index contributed by atoms with van der Waals surface area (Å²) in [5.41, 5.74) is 1.25. The van der Waals surface area contributed by atoms with Gasteiger partial charge in [-0.2, -0.15) is 0 Å². The first-order valence-corrected chi connectivity index (χ1v) is 7.45. The summed E-state index contributed by atoms with van der Waals surface area (Å²) in [5, 5.41) is 17.8. The van der Waals surface area contributed by atoms with Crippen LogP contribution in [0.3, 0.4) is 0 Å². The number of carbonyl (C=O) groups is 1. The van der Waals surface area contributed by atoms with Crippen LogP contribution in [0.25, 0.3) is 0 Å². The van der Waals surface area contributed by atoms with Gasteiger partial charge in [0.25, 0.3) is 0 Å². The molecule has 0 amide bonds. The fourth-order valence-corrected chi connectivity index (χ4v) is 2.68. The van der Waals surface area contributed by atoms with Crippen LogP contribution in [0.4, 0.5) is 0 Å². The Bertz CT molecular complexity index is 429. The van der Waals surface area contributed by atoms with Crippen LogP contribution in [-0.2, 0) is 21.3 Å². The molecule has 0 bridgehead atoms. The molecule has 1 rings (SSSR count). The first kappa shape index (κ1) is 15.8. The molecule has 0 aliphatic rings. The second-order valence-electron chi connectivity index (χ2n) is 4.00. The van der Waals surface area contributed by atoms with Gasteiger partial charge in [-0.25, -0.2) is 4.79 Å². The Hall–Kier alpha value is -1.24. The van der Waals surface area contributed by atoms with E-state index in [0.717, 1.165) is 5.56 Å². The number of ether oxygens (including phenoxy) is 1. The summed E-state index contributed by atoms with van der Waals surface area (Å²) in [4.78, 5) is 11.4. The van der Waals surface area contributed by atoms with E-state index in [-0.39, 0.29) is 17.5 Å². The molecule has 0 saturated carbocycles. The molecule has 1 aromatic carbocycles. The summed E-state index contributed by atoms with van der Waals surface area (Å²) >= 11 is 0. The van der Waals surface area contributed by atoms with E-state index >= 15 is 0 Å². The Kier molecular flexibility index (Phi) is 6.69. The molecule has 0 spiro atoms. The first-order valence-electron chi connectivity index (χ1n) is 5.96. The molecule has 6 heteroatoms. The number of hydrogen-bond donors (Lipinski definition) is 2. The van der Waals surface area contributed by atoms with Crippen molar-refractivity contribution in [2.24, 2.45) is 0 Å². The van der Waals surface area contributed by atoms with Crippen molar-refractivity contribution >= 4 is 16.8 Å². The third kappa shape index (κ3) is 5.50. The zero-order chi connectivity index (χ0) is 14.3. The lowest BCUT2D eigenvalue weighted by Crippen LogP contribution is -2.21. The highest BCUT2D eigenvalue weighted by molar-refractivity contribution is 7.84. The summed E-state index contributed by atoms with van der Waals surface area (Å²) in [6, 6.07) is 6.64. The summed E-state index contributed by atoms with van der Waals surface area (Å²) in [6.45, 7) is 1.67. The van der Waals surface area contributed by atoms with Crippen LogP contribution in [0.2, 0.25) is 0 Å². The van der Waals surface area contributed by atoms with E-state index in [1.54, 1.807) is 31.2 Å². The van der Waals surface area contributed by atoms with E-state index in [1.807, 2.05) is 0 Å². The average molecular weight is 286 g/mol. The molecule has 0 aliphatic carbocycles. The maximum absolute atomic E-state index is 11.7. The maximum Gasteiger partial charge on any atom is 0.338 e. The number of rotatable bonds is 7. The molecule has 0 aliphatic heterocycles. The Morgan fingerprint density at radius 2 is 2.00 bits per heavy atom. The molecule has 2 atom stereocenters. The van der Waals surface area contributed by atoms with Crippen molar-refractivity contribution in [1.29, 1.82) is 0 Å². The topological polar surface area (TPSA) is 83.8 Å². The second-order valence-corrected chi connectivity index (χ2v) is 5.51. The summed E-state index contributed by atoms with van der Waals surface area (Å²) in [7, 11) is -1.25. The highest BCUT2D eigenvalue weighted by Crippen LogP contribution is 2.09. The number of hydrogen-bond acceptors (Lipinski definition) is 5. The van der Waals surface area contributed by atoms with Gasteiger partial charge in [-0.1, -0.05) is 12.1 Å². The second kappa shape index (κ2) is 8.04. The molecule has 2 unspecified atom stereocenters. The molecular weight excluding hydrogens is 268 g/mol. The van der Waals surface area contributed by atoms with Gasteiger partial charge in [-0.3, -0.25) is 4.21 Å². The maximum atomic E-state index is 11.7. The van der Waals surface area contributed by atoms with Gasteiger partial charge in [0.2, 0.25) is 0 Å². The summed E-state index contributed by atoms with van der Waals surface area (Å²) in [5.74, 6) is -0.0677. The third-order valence-electron chi connectivity index (χ3n) is 2.38. The summed E-state index contributed by atoms with van der Waals surface area (Å²) < 4.78 is 16.5. The highest BCUT2D eigenvalue weighted by atomic mass is 32.2. The number of carbonyl (C=O) groups excluding carboxylic acids is 1. The van der Waals surface area contributed by atoms with Crippen molar-refractivity contribution in [3.05, 3.63) is 35.4 Å². The largest absolute Gasteiger partial charge is 0.462 e. The molecule has 1 aromatic rings. The minimum absolute atomic E-state index is 0.0378. The van der Waals surface area contributed by atoms with Gasteiger partial charge < -0.3 is 14.9 Å². The predicted octanol–water partition coefficient (Wildman–Crippen LogP) is 0.465. The average Bonchev–Trinajstić information content (AvgIpc) is 2.39. The predicted molar refractivity (Wildman–Crippen MR) is 72.2 cm³/mol. The molecule has 0 radical (unpaired) electrons. The van der Waals surface area contributed by atoms with Gasteiger partial charge in [-0.05, 0) is 24.6 Å². The molecule has 5 nitrogen and oxygen atoms in total. The van der Waals surface area contributed by atoms with E-state index < -0.39 is 23.5 Å². The lowest BCUT2D eigenvalue weighted by molar-refractivity contribution is 0.0526. The van der Waals surface area contributed by atoms with Gasteiger partial charge in [0.15, 0.2) is 0 Å². The lowest BCUT2D eigenvalue weighted by atomic mass is 10.1. The quantitative estimate of drug-likeness (QED) is 0.712. The lowest BCUT2D eigenvalue weighted by Gasteiger charge is -2.07. The number of aliphatic hydroxyl groups excluding tert-OH is 2. The minimum atomic E-state index is -1.25. The van der Waals surface area contributed by atoms with E-state index in [0.29, 0.717) is 12.2 Å². The zero-order valence-corrected chi connectivity index (χ0v) is 11.6. The molecule has 106 valence electrons. The van der Waals surface area contributed by atoms with Crippen LogP contribution in [0.15, 0.2) is 24.3 Å². The van der Waals surface area contributed by atoms with Crippen molar-refractivity contribution in [2.45, 2.75) is 18.8 Å². The van der Waals surface area contributed by atoms with Crippen LogP contribution < -0.4 is 0 Å². The molecule has 0 fully saturated rings. The van der Waals surface area contributed by atoms with Gasteiger partial charge in [0, 0.05) is 16.6 Å². The highest BCUT2D eigenvalue weighted by Gasteiger charge is 2.10. The van der Waals surface area contributed by atoms with Crippen LogP contribution in [-0.4, -0.2) is 45.5 Å². The fourth-order valence-electron chi connectivity index (χ4n) is 1.46. The fraction of sp³-hybridized carbons (Fsp3) is 0.462. The Balaban J connectivity index is 2.57. The monoisotopic (exact) mass is 286 g/mol. The van der Waals surface area contributed by atoms with Gasteiger partial charge >= 0.3 is 5.97 Å². The Morgan fingerprint density at radius 3 is 2.53 bits per heavy atom. The van der Waals surface area contributed by atoms with Crippen LogP contribution in [0.5, 0.6) is 0 Å². The van der Waals surface area contributed by atoms with E-state index in [9.17, 15) is 14.1 Å². The molecule has 0 saturated heterocycles. The Morgan fingerprint density at radius 1 is 1.37 bits per heavy atom. The SMILES string of the molecule is CCOC(=O)c1ccc(CS(=O)CC(O)CO)cc1. The van der Waals surface area contributed by atoms with Crippen LogP contribution in [0.1, 0.15) is 22.8 Å². The molecule has 2 N–H and O–H groups in total. The molecule has 0 aromatic heterocycles. The van der Waals surface area contributed by atoms with Crippen LogP contribution >= 0.6 is 0 Å². The first-order chi connectivity index (χ1) is 9.06. The van der Waals surface area contributed by atoms with E-state index in [1.165, 1.54) is 0 Å². The number of aliphatic hydroxyl groups is 2. The normalized spacial score (nSPS) is 13.8. The van der Waals surface area contributed by atoms with Crippen LogP contribution in [0, 0.1) is 0 Å². The standard InChI is InChI=1S/C13H18O5S/c1-2-18-13(16)11-5-3-10(4-6-11)8-19(17)9-12(15)7-14/h3-6,12,14-15H,2,7-9H2,1H3. The van der Waals surface area contributed by atoms with Crippen molar-refractivity contribution < 1.29 is 24.0 Å². The van der Waals surface area contributed by atoms with Crippen molar-refractivity contribution in [3.8, 4) is 0 Å². The number of benzene rings is 1. The third-order valence-corrected chi connectivity index (χ3v) is 3.79. The van der Waals surface area contributed by atoms with Crippen molar-refractivity contribution in [1.82, 2.24) is 0 Å². The van der Waals surface area contributed by atoms with Crippen molar-refractivity contribution in [3.63, 3.8) is 0 Å². The smallest absolute Gasteiger partial charge is 0.338 e. The zero-order valence-electron chi connectivity index (χ0n) is 10.7. The van der Waals surface area contributed by atoms with Gasteiger partial charge in [-0.15, -0.1) is 0 Å². The van der Waals surface area contributed by atoms with Gasteiger partial charge in [0.1, 0.15) is 0 Å². The van der Waals surface area contributed by atoms with E-state index in [4.69, 9.17) is 9.84 Å². The van der Waals surface area contributed by atoms with E-state index in [2.05, 4.69) is 0 Å². The summed E-state index contributed by atoms with van der Waals surface area (Å²) in [6.07, 6.45) is -0.959. The molecule has 0 heterocycles. The van der Waals surface area contributed by atoms with Crippen molar-refractivity contribution in [2.75, 3.05) is 19.0 Å². The molecule has 19 heavy (non-hydrogen) atoms. The number of esters is 1. The minimum Gasteiger partial charge on any atom is -0.462 e. The molecular formula is C13H18O5S. The Labute approximate surface area is 114 Å².